The molecule has 8 nitrogen and oxygen atoms in total. The van der Waals surface area contributed by atoms with Crippen LogP contribution in [0.5, 0.6) is 0 Å². The van der Waals surface area contributed by atoms with Gasteiger partial charge in [-0.25, -0.2) is 0 Å². The fourth-order valence-corrected chi connectivity index (χ4v) is 4.40. The molecule has 0 aliphatic carbocycles. The zero-order chi connectivity index (χ0) is 21.4. The summed E-state index contributed by atoms with van der Waals surface area (Å²) < 4.78 is 0. The quantitative estimate of drug-likeness (QED) is 0.664. The summed E-state index contributed by atoms with van der Waals surface area (Å²) in [7, 11) is 0. The monoisotopic (exact) mass is 449 g/mol. The fraction of sp³-hybridized carbons (Fsp3) is 0.400. The van der Waals surface area contributed by atoms with Gasteiger partial charge < -0.3 is 15.5 Å². The van der Waals surface area contributed by atoms with Gasteiger partial charge in [-0.3, -0.25) is 19.4 Å². The van der Waals surface area contributed by atoms with Gasteiger partial charge in [0.2, 0.25) is 17.8 Å². The van der Waals surface area contributed by atoms with Crippen LogP contribution in [0, 0.1) is 0 Å². The molecule has 30 heavy (non-hydrogen) atoms. The first-order valence-corrected chi connectivity index (χ1v) is 10.6. The van der Waals surface area contributed by atoms with E-state index < -0.39 is 17.4 Å². The lowest BCUT2D eigenvalue weighted by Gasteiger charge is -2.34. The number of piperidine rings is 1. The molecule has 10 heteroatoms. The number of amides is 2. The van der Waals surface area contributed by atoms with Gasteiger partial charge in [0.25, 0.3) is 5.56 Å². The number of carbonyl (C=O) groups is 2. The summed E-state index contributed by atoms with van der Waals surface area (Å²) in [5, 5.41) is 6.02. The number of H-pyrrole nitrogens is 1. The van der Waals surface area contributed by atoms with Crippen LogP contribution in [0.2, 0.25) is 10.0 Å². The Labute approximate surface area is 183 Å². The normalized spacial score (nSPS) is 21.0. The van der Waals surface area contributed by atoms with Crippen molar-refractivity contribution >= 4 is 52.5 Å². The highest BCUT2D eigenvalue weighted by atomic mass is 35.5. The maximum atomic E-state index is 12.9. The Morgan fingerprint density at radius 2 is 2.07 bits per heavy atom. The SMILES string of the molecule is CC1CCCCN1c1nc2c(c(=O)[nH]1)C(C(=O)Nc1ccc(Cl)cc1Cl)CC(=O)N2. The number of nitrogens with zero attached hydrogens (tertiary/aromatic N) is 2. The van der Waals surface area contributed by atoms with Gasteiger partial charge in [0.15, 0.2) is 0 Å². The minimum Gasteiger partial charge on any atom is -0.340 e. The van der Waals surface area contributed by atoms with Gasteiger partial charge in [0, 0.05) is 24.0 Å². The summed E-state index contributed by atoms with van der Waals surface area (Å²) in [5.41, 5.74) is 0.0578. The molecule has 0 radical (unpaired) electrons. The van der Waals surface area contributed by atoms with Gasteiger partial charge in [0.1, 0.15) is 5.82 Å². The maximum absolute atomic E-state index is 12.9. The Balaban J connectivity index is 1.66. The summed E-state index contributed by atoms with van der Waals surface area (Å²) in [6, 6.07) is 4.88. The number of hydrogen-bond donors (Lipinski definition) is 3. The number of benzene rings is 1. The summed E-state index contributed by atoms with van der Waals surface area (Å²) >= 11 is 12.0. The highest BCUT2D eigenvalue weighted by Crippen LogP contribution is 2.32. The summed E-state index contributed by atoms with van der Waals surface area (Å²) in [4.78, 5) is 47.4. The Hall–Kier alpha value is -2.58. The van der Waals surface area contributed by atoms with Crippen molar-refractivity contribution in [1.82, 2.24) is 9.97 Å². The van der Waals surface area contributed by atoms with Gasteiger partial charge >= 0.3 is 0 Å². The average molecular weight is 450 g/mol. The third-order valence-corrected chi connectivity index (χ3v) is 6.07. The van der Waals surface area contributed by atoms with E-state index in [-0.39, 0.29) is 34.8 Å². The van der Waals surface area contributed by atoms with E-state index in [1.807, 2.05) is 4.90 Å². The van der Waals surface area contributed by atoms with Crippen molar-refractivity contribution < 1.29 is 9.59 Å². The van der Waals surface area contributed by atoms with E-state index in [2.05, 4.69) is 27.5 Å². The number of fused-ring (bicyclic) bond motifs is 1. The molecule has 0 spiro atoms. The van der Waals surface area contributed by atoms with E-state index >= 15 is 0 Å². The molecule has 2 unspecified atom stereocenters. The van der Waals surface area contributed by atoms with Crippen molar-refractivity contribution in [2.24, 2.45) is 0 Å². The zero-order valence-electron chi connectivity index (χ0n) is 16.3. The number of rotatable bonds is 3. The molecule has 0 bridgehead atoms. The van der Waals surface area contributed by atoms with E-state index in [0.717, 1.165) is 25.8 Å². The predicted molar refractivity (Wildman–Crippen MR) is 117 cm³/mol. The average Bonchev–Trinajstić information content (AvgIpc) is 2.69. The molecule has 3 heterocycles. The molecule has 2 amide bonds. The van der Waals surface area contributed by atoms with Crippen LogP contribution in [0.25, 0.3) is 0 Å². The molecule has 2 aliphatic rings. The molecule has 1 aromatic heterocycles. The van der Waals surface area contributed by atoms with Gasteiger partial charge in [-0.1, -0.05) is 23.2 Å². The van der Waals surface area contributed by atoms with E-state index in [0.29, 0.717) is 16.7 Å². The predicted octanol–water partition coefficient (Wildman–Crippen LogP) is 3.52. The number of anilines is 3. The second-order valence-corrected chi connectivity index (χ2v) is 8.45. The van der Waals surface area contributed by atoms with Crippen LogP contribution in [0.1, 0.15) is 44.1 Å². The van der Waals surface area contributed by atoms with Gasteiger partial charge in [-0.2, -0.15) is 4.98 Å². The molecule has 1 fully saturated rings. The van der Waals surface area contributed by atoms with E-state index in [1.54, 1.807) is 12.1 Å². The third kappa shape index (κ3) is 4.02. The number of aromatic nitrogens is 2. The van der Waals surface area contributed by atoms with Gasteiger partial charge in [0.05, 0.1) is 22.2 Å². The van der Waals surface area contributed by atoms with Crippen LogP contribution in [0.4, 0.5) is 17.5 Å². The first-order chi connectivity index (χ1) is 14.3. The molecule has 2 atom stereocenters. The minimum absolute atomic E-state index is 0.130. The third-order valence-electron chi connectivity index (χ3n) is 5.52. The van der Waals surface area contributed by atoms with Crippen molar-refractivity contribution in [3.63, 3.8) is 0 Å². The largest absolute Gasteiger partial charge is 0.340 e. The van der Waals surface area contributed by atoms with Crippen LogP contribution in [0.3, 0.4) is 0 Å². The minimum atomic E-state index is -0.982. The molecule has 158 valence electrons. The molecule has 3 N–H and O–H groups in total. The maximum Gasteiger partial charge on any atom is 0.258 e. The number of aromatic amines is 1. The summed E-state index contributed by atoms with van der Waals surface area (Å²) in [6.07, 6.45) is 2.97. The zero-order valence-corrected chi connectivity index (χ0v) is 17.8. The Morgan fingerprint density at radius 1 is 1.27 bits per heavy atom. The van der Waals surface area contributed by atoms with Crippen LogP contribution in [0.15, 0.2) is 23.0 Å². The topological polar surface area (TPSA) is 107 Å². The Bertz CT molecular complexity index is 1070. The summed E-state index contributed by atoms with van der Waals surface area (Å²) in [6.45, 7) is 2.85. The van der Waals surface area contributed by atoms with E-state index in [1.165, 1.54) is 6.07 Å². The lowest BCUT2D eigenvalue weighted by atomic mass is 9.92. The number of halogens is 2. The fourth-order valence-electron chi connectivity index (χ4n) is 3.94. The first-order valence-electron chi connectivity index (χ1n) is 9.80. The van der Waals surface area contributed by atoms with Gasteiger partial charge in [-0.05, 0) is 44.4 Å². The molecule has 2 aromatic rings. The standard InChI is InChI=1S/C20H21Cl2N5O3/c1-10-4-2-3-7-27(10)20-25-17-16(19(30)26-20)12(9-15(28)24-17)18(29)23-14-6-5-11(21)8-13(14)22/h5-6,8,10,12H,2-4,7,9H2,1H3,(H,23,29)(H2,24,25,26,28,30). The van der Waals surface area contributed by atoms with Crippen LogP contribution < -0.4 is 21.1 Å². The van der Waals surface area contributed by atoms with E-state index in [9.17, 15) is 14.4 Å². The second-order valence-electron chi connectivity index (χ2n) is 7.61. The Kier molecular flexibility index (Phi) is 5.71. The number of nitrogens with one attached hydrogen (secondary N) is 3. The van der Waals surface area contributed by atoms with Crippen LogP contribution in [-0.2, 0) is 9.59 Å². The second kappa shape index (κ2) is 8.28. The lowest BCUT2D eigenvalue weighted by Crippen LogP contribution is -2.42. The van der Waals surface area contributed by atoms with Crippen molar-refractivity contribution in [2.45, 2.75) is 44.6 Å². The molecular weight excluding hydrogens is 429 g/mol. The molecule has 2 aliphatic heterocycles. The van der Waals surface area contributed by atoms with Crippen LogP contribution >= 0.6 is 23.2 Å². The Morgan fingerprint density at radius 3 is 2.80 bits per heavy atom. The van der Waals surface area contributed by atoms with Gasteiger partial charge in [-0.15, -0.1) is 0 Å². The van der Waals surface area contributed by atoms with Crippen molar-refractivity contribution in [3.05, 3.63) is 44.2 Å². The highest BCUT2D eigenvalue weighted by Gasteiger charge is 2.35. The van der Waals surface area contributed by atoms with Crippen molar-refractivity contribution in [2.75, 3.05) is 22.1 Å². The number of hydrogen-bond acceptors (Lipinski definition) is 5. The molecule has 1 aromatic carbocycles. The van der Waals surface area contributed by atoms with Crippen LogP contribution in [-0.4, -0.2) is 34.4 Å². The molecule has 0 saturated carbocycles. The molecule has 4 rings (SSSR count). The highest BCUT2D eigenvalue weighted by molar-refractivity contribution is 6.36. The summed E-state index contributed by atoms with van der Waals surface area (Å²) in [5.74, 6) is -1.33. The molecular formula is C20H21Cl2N5O3. The lowest BCUT2D eigenvalue weighted by molar-refractivity contribution is -0.123. The van der Waals surface area contributed by atoms with Crippen molar-refractivity contribution in [3.8, 4) is 0 Å². The smallest absolute Gasteiger partial charge is 0.258 e. The first kappa shape index (κ1) is 20.7. The van der Waals surface area contributed by atoms with E-state index in [4.69, 9.17) is 23.2 Å². The number of carbonyl (C=O) groups excluding carboxylic acids is 2. The molecule has 1 saturated heterocycles. The van der Waals surface area contributed by atoms with Crippen molar-refractivity contribution in [1.29, 1.82) is 0 Å².